The van der Waals surface area contributed by atoms with Gasteiger partial charge in [0.1, 0.15) is 116 Å². The molecule has 448 valence electrons. The quantitative estimate of drug-likeness (QED) is 0.0411. The zero-order valence-electron chi connectivity index (χ0n) is 43.2. The van der Waals surface area contributed by atoms with E-state index in [1.54, 1.807) is 6.92 Å². The number of carbonyl (C=O) groups excluding carboxylic acids is 1. The summed E-state index contributed by atoms with van der Waals surface area (Å²) >= 11 is 0. The van der Waals surface area contributed by atoms with Gasteiger partial charge in [0, 0.05) is 0 Å². The molecule has 0 amide bonds. The maximum Gasteiger partial charge on any atom is 0.314 e. The van der Waals surface area contributed by atoms with Crippen LogP contribution in [-0.4, -0.2) is 285 Å². The molecule has 5 aliphatic carbocycles. The lowest BCUT2D eigenvalue weighted by atomic mass is 9.48. The minimum absolute atomic E-state index is 0.0361. The van der Waals surface area contributed by atoms with Crippen molar-refractivity contribution >= 4 is 5.97 Å². The van der Waals surface area contributed by atoms with Crippen LogP contribution in [0.5, 0.6) is 0 Å². The number of ether oxygens (including phenoxy) is 10. The second kappa shape index (κ2) is 24.0. The molecule has 78 heavy (non-hydrogen) atoms. The van der Waals surface area contributed by atoms with Crippen LogP contribution >= 0.6 is 0 Å². The van der Waals surface area contributed by atoms with Crippen LogP contribution in [0.2, 0.25) is 0 Å². The minimum atomic E-state index is -2.01. The Kier molecular flexibility index (Phi) is 18.7. The van der Waals surface area contributed by atoms with E-state index in [1.807, 2.05) is 0 Å². The van der Waals surface area contributed by atoms with Gasteiger partial charge in [-0.3, -0.25) is 4.79 Å². The minimum Gasteiger partial charge on any atom is -0.432 e. The third kappa shape index (κ3) is 10.8. The Hall–Kier alpha value is -1.83. The smallest absolute Gasteiger partial charge is 0.314 e. The summed E-state index contributed by atoms with van der Waals surface area (Å²) in [4.78, 5) is 15.0. The predicted octanol–water partition coefficient (Wildman–Crippen LogP) is -7.58. The number of carbonyl (C=O) groups is 1. The van der Waals surface area contributed by atoms with Gasteiger partial charge in [0.15, 0.2) is 31.3 Å². The molecule has 28 heteroatoms. The van der Waals surface area contributed by atoms with Gasteiger partial charge < -0.3 is 134 Å². The van der Waals surface area contributed by atoms with Crippen LogP contribution in [0.3, 0.4) is 0 Å². The van der Waals surface area contributed by atoms with Gasteiger partial charge in [0.25, 0.3) is 0 Å². The van der Waals surface area contributed by atoms with E-state index in [0.29, 0.717) is 37.7 Å². The normalized spacial score (nSPS) is 54.5. The van der Waals surface area contributed by atoms with Crippen molar-refractivity contribution in [3.63, 3.8) is 0 Å². The fourth-order valence-electron chi connectivity index (χ4n) is 14.5. The van der Waals surface area contributed by atoms with Gasteiger partial charge in [0.05, 0.1) is 44.1 Å². The van der Waals surface area contributed by atoms with E-state index in [9.17, 15) is 91.6 Å². The molecule has 5 unspecified atom stereocenters. The van der Waals surface area contributed by atoms with E-state index < -0.39 is 204 Å². The first-order chi connectivity index (χ1) is 37.0. The zero-order chi connectivity index (χ0) is 56.6. The predicted molar refractivity (Wildman–Crippen MR) is 252 cm³/mol. The molecule has 0 aromatic heterocycles. The van der Waals surface area contributed by atoms with Crippen LogP contribution in [0.15, 0.2) is 12.2 Å². The summed E-state index contributed by atoms with van der Waals surface area (Å²) < 4.78 is 60.6. The van der Waals surface area contributed by atoms with E-state index in [1.165, 1.54) is 0 Å². The number of fused-ring (bicyclic) bond motifs is 3. The third-order valence-electron chi connectivity index (χ3n) is 18.8. The first-order valence-electron chi connectivity index (χ1n) is 27.0. The Bertz CT molecular complexity index is 2040. The first kappa shape index (κ1) is 60.8. The summed E-state index contributed by atoms with van der Waals surface area (Å²) in [6.45, 7) is 4.18. The number of hydrogen-bond donors (Lipinski definition) is 17. The molecule has 0 spiro atoms. The van der Waals surface area contributed by atoms with Crippen molar-refractivity contribution in [2.24, 2.45) is 40.9 Å². The molecule has 4 bridgehead atoms. The lowest BCUT2D eigenvalue weighted by Crippen LogP contribution is -2.68. The highest BCUT2D eigenvalue weighted by Crippen LogP contribution is 2.66. The van der Waals surface area contributed by atoms with Gasteiger partial charge >= 0.3 is 5.97 Å². The average molecular weight is 1130 g/mol. The van der Waals surface area contributed by atoms with E-state index in [2.05, 4.69) is 13.5 Å². The van der Waals surface area contributed by atoms with Crippen LogP contribution in [0.1, 0.15) is 58.8 Å². The second-order valence-corrected chi connectivity index (χ2v) is 23.3. The fourth-order valence-corrected chi connectivity index (χ4v) is 14.5. The summed E-state index contributed by atoms with van der Waals surface area (Å²) in [5.74, 6) is -1.57. The molecule has 0 aromatic carbocycles. The maximum absolute atomic E-state index is 15.0. The highest BCUT2D eigenvalue weighted by atomic mass is 16.8. The molecule has 5 aliphatic heterocycles. The molecule has 33 atom stereocenters. The van der Waals surface area contributed by atoms with Gasteiger partial charge in [-0.25, -0.2) is 0 Å². The summed E-state index contributed by atoms with van der Waals surface area (Å²) in [5, 5.41) is 181. The van der Waals surface area contributed by atoms with Gasteiger partial charge in [-0.15, -0.1) is 0 Å². The first-order valence-corrected chi connectivity index (χ1v) is 27.0. The summed E-state index contributed by atoms with van der Waals surface area (Å²) in [5.41, 5.74) is -1.88. The molecule has 10 rings (SSSR count). The van der Waals surface area contributed by atoms with Gasteiger partial charge in [-0.2, -0.15) is 0 Å². The van der Waals surface area contributed by atoms with Crippen LogP contribution in [-0.2, 0) is 52.2 Å². The lowest BCUT2D eigenvalue weighted by Gasteiger charge is -2.57. The maximum atomic E-state index is 15.0. The Morgan fingerprint density at radius 1 is 0.538 bits per heavy atom. The average Bonchev–Trinajstić information content (AvgIpc) is 3.80. The van der Waals surface area contributed by atoms with E-state index >= 15 is 0 Å². The molecule has 28 nitrogen and oxygen atoms in total. The molecule has 0 radical (unpaired) electrons. The van der Waals surface area contributed by atoms with E-state index in [4.69, 9.17) is 47.4 Å². The molecule has 0 aromatic rings. The number of rotatable bonds is 15. The van der Waals surface area contributed by atoms with Crippen molar-refractivity contribution in [3.05, 3.63) is 12.2 Å². The molecular formula is C50H80O28. The summed E-state index contributed by atoms with van der Waals surface area (Å²) in [6.07, 6.45) is -41.5. The summed E-state index contributed by atoms with van der Waals surface area (Å²) in [6, 6.07) is 0. The molecule has 5 heterocycles. The molecule has 5 saturated carbocycles. The van der Waals surface area contributed by atoms with Gasteiger partial charge in [-0.05, 0) is 86.5 Å². The van der Waals surface area contributed by atoms with Gasteiger partial charge in [0.2, 0.25) is 6.29 Å². The third-order valence-corrected chi connectivity index (χ3v) is 18.8. The van der Waals surface area contributed by atoms with Crippen LogP contribution in [0, 0.1) is 40.9 Å². The largest absolute Gasteiger partial charge is 0.432 e. The number of hydrogen-bond acceptors (Lipinski definition) is 28. The van der Waals surface area contributed by atoms with Crippen LogP contribution < -0.4 is 0 Å². The SMILES string of the molecule is C=C1CC2C3CC4C(CCC[C@@]4(C)C(=O)O[C@@H]4O[C@H](CO)[C@@H](O)[C@H](O)[C@H]4O[C@@H]4O[C@H](CO)[C@@H](O)[C@H](O)[C@H]4O)C2[C@@H](C)C[C@]1(O[C@@H]1O[C@H](CO)[C@@H](O)[C@H](O[C@@H]2O[C@H](CO)[C@@H](O)[C@H](O)[C@H]2O)[C@H]1O[C@@H]1O[C@H](CO)[C@@H](O)[C@H](O)[C@H]1O)C3. The van der Waals surface area contributed by atoms with E-state index in [0.717, 1.165) is 6.42 Å². The Morgan fingerprint density at radius 2 is 0.974 bits per heavy atom. The Morgan fingerprint density at radius 3 is 1.47 bits per heavy atom. The van der Waals surface area contributed by atoms with Crippen molar-refractivity contribution in [1.29, 1.82) is 0 Å². The van der Waals surface area contributed by atoms with Gasteiger partial charge in [-0.1, -0.05) is 19.9 Å². The topological polar surface area (TPSA) is 453 Å². The molecule has 17 N–H and O–H groups in total. The summed E-state index contributed by atoms with van der Waals surface area (Å²) in [7, 11) is 0. The number of esters is 1. The second-order valence-electron chi connectivity index (χ2n) is 23.3. The highest BCUT2D eigenvalue weighted by molar-refractivity contribution is 5.77. The van der Waals surface area contributed by atoms with E-state index in [-0.39, 0.29) is 41.9 Å². The molecular weight excluding hydrogens is 1050 g/mol. The number of aliphatic hydroxyl groups is 17. The standard InChI is InChI=1S/C50H80O28/c1-16-9-50(78-47-42(76-45-39(67)35(63)30(58)24(13-53)71-45)40(32(60)26(15-55)73-47)74-43-37(65)33(61)28(56)22(11-51)69-43)10-18-8-21-19(27(16)20(18)7-17(50)2)5-4-6-49(21,3)48(68)77-46-41(36(64)31(59)25(14-54)72-46)75-44-38(66)34(62)29(57)23(12-52)70-44/h16,18-47,51-67H,2,4-15H2,1,3H3/t16-,18?,19?,20?,21?,22+,23+,24+,25+,26+,27?,28+,29+,30+,31+,32+,33-,34-,35-,36-,37+,38+,39+,40-,41+,42+,43-,44-,45-,46-,47-,49+,50-/m0/s1. The fraction of sp³-hybridized carbons (Fsp3) is 0.940. The lowest BCUT2D eigenvalue weighted by molar-refractivity contribution is -0.400. The van der Waals surface area contributed by atoms with Crippen LogP contribution in [0.25, 0.3) is 0 Å². The molecule has 5 saturated heterocycles. The highest BCUT2D eigenvalue weighted by Gasteiger charge is 2.65. The van der Waals surface area contributed by atoms with Crippen molar-refractivity contribution in [1.82, 2.24) is 0 Å². The van der Waals surface area contributed by atoms with Crippen molar-refractivity contribution in [2.45, 2.75) is 218 Å². The Labute approximate surface area is 448 Å². The molecule has 10 fully saturated rings. The number of aliphatic hydroxyl groups excluding tert-OH is 17. The monoisotopic (exact) mass is 1130 g/mol. The Balaban J connectivity index is 1.00. The van der Waals surface area contributed by atoms with Crippen molar-refractivity contribution in [2.75, 3.05) is 33.0 Å². The molecule has 10 aliphatic rings. The van der Waals surface area contributed by atoms with Crippen molar-refractivity contribution < 1.29 is 139 Å². The zero-order valence-corrected chi connectivity index (χ0v) is 43.2. The van der Waals surface area contributed by atoms with Crippen molar-refractivity contribution in [3.8, 4) is 0 Å². The van der Waals surface area contributed by atoms with Crippen LogP contribution in [0.4, 0.5) is 0 Å².